The molecule has 0 aromatic carbocycles. The fourth-order valence-electron chi connectivity index (χ4n) is 3.73. The van der Waals surface area contributed by atoms with Gasteiger partial charge in [0.05, 0.1) is 6.54 Å². The molecule has 1 aliphatic heterocycles. The molecule has 2 atom stereocenters. The van der Waals surface area contributed by atoms with Gasteiger partial charge < -0.3 is 16.4 Å². The van der Waals surface area contributed by atoms with Crippen LogP contribution in [0, 0.1) is 11.8 Å². The van der Waals surface area contributed by atoms with Crippen LogP contribution >= 0.6 is 24.8 Å². The SMILES string of the molecule is CCCNC(=O)CN1CCC(NC(=O)[C@@H]2CCC[C@@H]2CN)CC1.Cl.Cl. The topological polar surface area (TPSA) is 87.5 Å². The van der Waals surface area contributed by atoms with Crippen LogP contribution in [-0.2, 0) is 9.59 Å². The van der Waals surface area contributed by atoms with E-state index in [9.17, 15) is 9.59 Å². The van der Waals surface area contributed by atoms with Gasteiger partial charge in [0.1, 0.15) is 0 Å². The summed E-state index contributed by atoms with van der Waals surface area (Å²) in [7, 11) is 0. The predicted molar refractivity (Wildman–Crippen MR) is 105 cm³/mol. The average Bonchev–Trinajstić information content (AvgIpc) is 3.03. The van der Waals surface area contributed by atoms with Crippen molar-refractivity contribution < 1.29 is 9.59 Å². The van der Waals surface area contributed by atoms with Gasteiger partial charge >= 0.3 is 0 Å². The molecule has 0 spiro atoms. The lowest BCUT2D eigenvalue weighted by atomic mass is 9.94. The summed E-state index contributed by atoms with van der Waals surface area (Å²) in [6, 6.07) is 0.247. The van der Waals surface area contributed by atoms with Gasteiger partial charge in [0.2, 0.25) is 11.8 Å². The molecule has 1 aliphatic carbocycles. The lowest BCUT2D eigenvalue weighted by Gasteiger charge is -2.32. The molecule has 2 aliphatic rings. The number of halogens is 2. The Hall–Kier alpha value is -0.560. The van der Waals surface area contributed by atoms with E-state index in [1.54, 1.807) is 0 Å². The van der Waals surface area contributed by atoms with E-state index in [2.05, 4.69) is 15.5 Å². The van der Waals surface area contributed by atoms with Crippen LogP contribution in [0.4, 0.5) is 0 Å². The Bertz CT molecular complexity index is 404. The largest absolute Gasteiger partial charge is 0.355 e. The van der Waals surface area contributed by atoms with Gasteiger partial charge in [-0.1, -0.05) is 13.3 Å². The van der Waals surface area contributed by atoms with Crippen molar-refractivity contribution in [2.24, 2.45) is 17.6 Å². The first-order valence-electron chi connectivity index (χ1n) is 9.13. The minimum absolute atomic E-state index is 0. The molecule has 8 heteroatoms. The molecule has 0 aromatic heterocycles. The molecule has 148 valence electrons. The van der Waals surface area contributed by atoms with E-state index in [1.165, 1.54) is 0 Å². The molecule has 1 heterocycles. The quantitative estimate of drug-likeness (QED) is 0.605. The number of nitrogens with zero attached hydrogens (tertiary/aromatic N) is 1. The molecule has 2 amide bonds. The van der Waals surface area contributed by atoms with E-state index in [1.807, 2.05) is 6.92 Å². The van der Waals surface area contributed by atoms with Gasteiger partial charge in [-0.15, -0.1) is 24.8 Å². The Kier molecular flexibility index (Phi) is 12.5. The molecule has 2 rings (SSSR count). The van der Waals surface area contributed by atoms with Crippen LogP contribution in [0.25, 0.3) is 0 Å². The zero-order valence-corrected chi connectivity index (χ0v) is 16.8. The van der Waals surface area contributed by atoms with Crippen molar-refractivity contribution in [3.05, 3.63) is 0 Å². The summed E-state index contributed by atoms with van der Waals surface area (Å²) in [6.45, 7) is 5.62. The number of amides is 2. The van der Waals surface area contributed by atoms with Crippen molar-refractivity contribution >= 4 is 36.6 Å². The van der Waals surface area contributed by atoms with Crippen LogP contribution in [-0.4, -0.2) is 55.5 Å². The fraction of sp³-hybridized carbons (Fsp3) is 0.882. The molecule has 0 radical (unpaired) electrons. The minimum atomic E-state index is 0. The Morgan fingerprint density at radius 3 is 2.40 bits per heavy atom. The molecule has 6 nitrogen and oxygen atoms in total. The number of carbonyl (C=O) groups excluding carboxylic acids is 2. The van der Waals surface area contributed by atoms with E-state index in [0.717, 1.165) is 58.2 Å². The molecule has 0 bridgehead atoms. The van der Waals surface area contributed by atoms with Crippen molar-refractivity contribution in [2.45, 2.75) is 51.5 Å². The molecule has 4 N–H and O–H groups in total. The van der Waals surface area contributed by atoms with Gasteiger partial charge in [0.25, 0.3) is 0 Å². The number of nitrogens with one attached hydrogen (secondary N) is 2. The second-order valence-corrected chi connectivity index (χ2v) is 6.94. The molecular weight excluding hydrogens is 363 g/mol. The van der Waals surface area contributed by atoms with Gasteiger partial charge in [-0.25, -0.2) is 0 Å². The highest BCUT2D eigenvalue weighted by Gasteiger charge is 2.33. The van der Waals surface area contributed by atoms with Crippen molar-refractivity contribution in [3.63, 3.8) is 0 Å². The van der Waals surface area contributed by atoms with Crippen LogP contribution in [0.15, 0.2) is 0 Å². The standard InChI is InChI=1S/C17H32N4O2.2ClH/c1-2-8-19-16(22)12-21-9-6-14(7-10-21)20-17(23)15-5-3-4-13(15)11-18;;/h13-15H,2-12,18H2,1H3,(H,19,22)(H,20,23);2*1H/t13-,15-;;/m1../s1. The van der Waals surface area contributed by atoms with Gasteiger partial charge in [0.15, 0.2) is 0 Å². The first-order valence-corrected chi connectivity index (χ1v) is 9.13. The Labute approximate surface area is 163 Å². The zero-order valence-electron chi connectivity index (χ0n) is 15.2. The maximum atomic E-state index is 12.4. The number of hydrogen-bond donors (Lipinski definition) is 3. The number of carbonyl (C=O) groups is 2. The summed E-state index contributed by atoms with van der Waals surface area (Å²) in [4.78, 5) is 26.3. The number of piperidine rings is 1. The minimum Gasteiger partial charge on any atom is -0.355 e. The first-order chi connectivity index (χ1) is 11.1. The van der Waals surface area contributed by atoms with Crippen LogP contribution in [0.1, 0.15) is 45.4 Å². The lowest BCUT2D eigenvalue weighted by molar-refractivity contribution is -0.127. The number of rotatable bonds is 7. The molecule has 1 saturated carbocycles. The Balaban J connectivity index is 0.00000288. The van der Waals surface area contributed by atoms with E-state index >= 15 is 0 Å². The Morgan fingerprint density at radius 1 is 1.12 bits per heavy atom. The van der Waals surface area contributed by atoms with Crippen molar-refractivity contribution in [1.82, 2.24) is 15.5 Å². The number of nitrogens with two attached hydrogens (primary N) is 1. The maximum Gasteiger partial charge on any atom is 0.234 e. The highest BCUT2D eigenvalue weighted by Crippen LogP contribution is 2.31. The monoisotopic (exact) mass is 396 g/mol. The third-order valence-electron chi connectivity index (χ3n) is 5.17. The summed E-state index contributed by atoms with van der Waals surface area (Å²) in [5, 5.41) is 6.12. The van der Waals surface area contributed by atoms with E-state index in [0.29, 0.717) is 19.0 Å². The molecule has 0 unspecified atom stereocenters. The highest BCUT2D eigenvalue weighted by atomic mass is 35.5. The van der Waals surface area contributed by atoms with Crippen molar-refractivity contribution in [3.8, 4) is 0 Å². The average molecular weight is 397 g/mol. The van der Waals surface area contributed by atoms with Crippen LogP contribution < -0.4 is 16.4 Å². The van der Waals surface area contributed by atoms with E-state index < -0.39 is 0 Å². The molecule has 1 saturated heterocycles. The summed E-state index contributed by atoms with van der Waals surface area (Å²) in [5.74, 6) is 0.762. The van der Waals surface area contributed by atoms with E-state index in [-0.39, 0.29) is 48.6 Å². The van der Waals surface area contributed by atoms with Crippen molar-refractivity contribution in [1.29, 1.82) is 0 Å². The molecule has 0 aromatic rings. The van der Waals surface area contributed by atoms with Gasteiger partial charge in [-0.2, -0.15) is 0 Å². The Morgan fingerprint density at radius 2 is 1.80 bits per heavy atom. The summed E-state index contributed by atoms with van der Waals surface area (Å²) in [6.07, 6.45) is 5.99. The summed E-state index contributed by atoms with van der Waals surface area (Å²) < 4.78 is 0. The van der Waals surface area contributed by atoms with E-state index in [4.69, 9.17) is 5.73 Å². The third-order valence-corrected chi connectivity index (χ3v) is 5.17. The number of hydrogen-bond acceptors (Lipinski definition) is 4. The van der Waals surface area contributed by atoms with Gasteiger partial charge in [-0.05, 0) is 44.6 Å². The number of likely N-dealkylation sites (tertiary alicyclic amines) is 1. The highest BCUT2D eigenvalue weighted by molar-refractivity contribution is 5.85. The van der Waals surface area contributed by atoms with Gasteiger partial charge in [-0.3, -0.25) is 14.5 Å². The summed E-state index contributed by atoms with van der Waals surface area (Å²) >= 11 is 0. The normalized spacial score (nSPS) is 24.1. The zero-order chi connectivity index (χ0) is 16.7. The van der Waals surface area contributed by atoms with Gasteiger partial charge in [0, 0.05) is 31.6 Å². The van der Waals surface area contributed by atoms with Crippen LogP contribution in [0.5, 0.6) is 0 Å². The summed E-state index contributed by atoms with van der Waals surface area (Å²) in [5.41, 5.74) is 5.77. The predicted octanol–water partition coefficient (Wildman–Crippen LogP) is 1.31. The lowest BCUT2D eigenvalue weighted by Crippen LogP contribution is -2.49. The first kappa shape index (κ1) is 24.4. The molecular formula is C17H34Cl2N4O2. The fourth-order valence-corrected chi connectivity index (χ4v) is 3.73. The van der Waals surface area contributed by atoms with Crippen molar-refractivity contribution in [2.75, 3.05) is 32.7 Å². The second-order valence-electron chi connectivity index (χ2n) is 6.94. The third kappa shape index (κ3) is 7.69. The van der Waals surface area contributed by atoms with Crippen LogP contribution in [0.2, 0.25) is 0 Å². The van der Waals surface area contributed by atoms with Crippen LogP contribution in [0.3, 0.4) is 0 Å². The molecule has 2 fully saturated rings. The second kappa shape index (κ2) is 12.7. The molecule has 25 heavy (non-hydrogen) atoms. The maximum absolute atomic E-state index is 12.4. The smallest absolute Gasteiger partial charge is 0.234 e.